The molecule has 6 nitrogen and oxygen atoms in total. The first-order valence-electron chi connectivity index (χ1n) is 9.87. The maximum absolute atomic E-state index is 13.3. The van der Waals surface area contributed by atoms with Crippen molar-refractivity contribution in [2.45, 2.75) is 6.61 Å². The second kappa shape index (κ2) is 10.4. The van der Waals surface area contributed by atoms with Gasteiger partial charge >= 0.3 is 6.03 Å². The number of halogens is 5. The van der Waals surface area contributed by atoms with Crippen LogP contribution in [-0.4, -0.2) is 17.8 Å². The molecule has 1 N–H and O–H groups in total. The number of anilines is 1. The van der Waals surface area contributed by atoms with Crippen molar-refractivity contribution in [2.75, 3.05) is 4.90 Å². The monoisotopic (exact) mass is 596 g/mol. The molecule has 1 aliphatic heterocycles. The minimum Gasteiger partial charge on any atom is -0.486 e. The Hall–Kier alpha value is -2.91. The molecule has 0 unspecified atom stereocenters. The highest BCUT2D eigenvalue weighted by Crippen LogP contribution is 2.36. The van der Waals surface area contributed by atoms with E-state index in [0.29, 0.717) is 31.4 Å². The molecule has 0 radical (unpaired) electrons. The van der Waals surface area contributed by atoms with Crippen LogP contribution >= 0.6 is 50.7 Å². The molecule has 0 aliphatic carbocycles. The van der Waals surface area contributed by atoms with E-state index in [1.165, 1.54) is 24.3 Å². The lowest BCUT2D eigenvalue weighted by Gasteiger charge is -2.26. The van der Waals surface area contributed by atoms with Gasteiger partial charge in [0, 0.05) is 15.6 Å². The molecule has 0 bridgehead atoms. The van der Waals surface area contributed by atoms with Crippen molar-refractivity contribution in [3.8, 4) is 5.75 Å². The van der Waals surface area contributed by atoms with Gasteiger partial charge in [-0.25, -0.2) is 14.1 Å². The largest absolute Gasteiger partial charge is 0.486 e. The predicted molar refractivity (Wildman–Crippen MR) is 135 cm³/mol. The van der Waals surface area contributed by atoms with Gasteiger partial charge in [0.1, 0.15) is 18.0 Å². The van der Waals surface area contributed by atoms with Crippen LogP contribution < -0.4 is 15.0 Å². The molecule has 1 saturated heterocycles. The predicted octanol–water partition coefficient (Wildman–Crippen LogP) is 6.79. The number of amides is 4. The number of hydrogen-bond donors (Lipinski definition) is 1. The van der Waals surface area contributed by atoms with E-state index in [9.17, 15) is 18.8 Å². The average molecular weight is 599 g/mol. The maximum atomic E-state index is 13.3. The van der Waals surface area contributed by atoms with Crippen molar-refractivity contribution >= 4 is 80.3 Å². The molecule has 0 aromatic heterocycles. The third-order valence-corrected chi connectivity index (χ3v) is 6.36. The normalized spacial score (nSPS) is 14.9. The lowest BCUT2D eigenvalue weighted by atomic mass is 10.1. The van der Waals surface area contributed by atoms with E-state index in [2.05, 4.69) is 21.2 Å². The van der Waals surface area contributed by atoms with Gasteiger partial charge < -0.3 is 4.74 Å². The van der Waals surface area contributed by atoms with Gasteiger partial charge in [0.2, 0.25) is 0 Å². The summed E-state index contributed by atoms with van der Waals surface area (Å²) in [5.74, 6) is -1.95. The summed E-state index contributed by atoms with van der Waals surface area (Å²) in [5.41, 5.74) is 0.889. The molecular formula is C24H13BrCl3FN2O4. The Morgan fingerprint density at radius 3 is 2.34 bits per heavy atom. The molecule has 0 atom stereocenters. The number of hydrogen-bond acceptors (Lipinski definition) is 4. The van der Waals surface area contributed by atoms with Crippen LogP contribution in [0, 0.1) is 5.82 Å². The van der Waals surface area contributed by atoms with E-state index in [-0.39, 0.29) is 22.9 Å². The van der Waals surface area contributed by atoms with Gasteiger partial charge in [-0.15, -0.1) is 0 Å². The third-order valence-electron chi connectivity index (χ3n) is 4.91. The highest BCUT2D eigenvalue weighted by molar-refractivity contribution is 9.10. The van der Waals surface area contributed by atoms with E-state index in [1.807, 2.05) is 0 Å². The molecular weight excluding hydrogens is 586 g/mol. The molecule has 1 aliphatic rings. The first-order valence-corrected chi connectivity index (χ1v) is 11.8. The lowest BCUT2D eigenvalue weighted by Crippen LogP contribution is -2.54. The first kappa shape index (κ1) is 25.2. The van der Waals surface area contributed by atoms with Crippen LogP contribution in [0.25, 0.3) is 6.08 Å². The lowest BCUT2D eigenvalue weighted by molar-refractivity contribution is -0.122. The molecule has 1 heterocycles. The summed E-state index contributed by atoms with van der Waals surface area (Å²) in [6.07, 6.45) is 1.29. The zero-order chi connectivity index (χ0) is 25.3. The Morgan fingerprint density at radius 2 is 1.69 bits per heavy atom. The van der Waals surface area contributed by atoms with Gasteiger partial charge in [0.15, 0.2) is 5.75 Å². The van der Waals surface area contributed by atoms with Crippen molar-refractivity contribution in [3.05, 3.63) is 96.7 Å². The van der Waals surface area contributed by atoms with Crippen molar-refractivity contribution in [3.63, 3.8) is 0 Å². The molecule has 4 rings (SSSR count). The van der Waals surface area contributed by atoms with Gasteiger partial charge in [0.05, 0.1) is 15.2 Å². The number of ether oxygens (including phenoxy) is 1. The molecule has 0 spiro atoms. The smallest absolute Gasteiger partial charge is 0.335 e. The molecule has 0 saturated carbocycles. The zero-order valence-electron chi connectivity index (χ0n) is 17.5. The van der Waals surface area contributed by atoms with Crippen molar-refractivity contribution in [2.24, 2.45) is 0 Å². The molecule has 4 amide bonds. The Labute approximate surface area is 222 Å². The fourth-order valence-corrected chi connectivity index (χ4v) is 4.69. The summed E-state index contributed by atoms with van der Waals surface area (Å²) in [4.78, 5) is 38.4. The zero-order valence-corrected chi connectivity index (χ0v) is 21.3. The minimum absolute atomic E-state index is 0.108. The van der Waals surface area contributed by atoms with E-state index in [4.69, 9.17) is 39.5 Å². The molecule has 3 aromatic rings. The second-order valence-corrected chi connectivity index (χ2v) is 9.38. The van der Waals surface area contributed by atoms with Crippen molar-refractivity contribution in [1.82, 2.24) is 5.32 Å². The van der Waals surface area contributed by atoms with Gasteiger partial charge in [-0.05, 0) is 76.1 Å². The summed E-state index contributed by atoms with van der Waals surface area (Å²) in [6.45, 7) is 0.115. The van der Waals surface area contributed by atoms with Crippen LogP contribution in [0.3, 0.4) is 0 Å². The maximum Gasteiger partial charge on any atom is 0.335 e. The fraction of sp³-hybridized carbons (Fsp3) is 0.0417. The number of carbonyl (C=O) groups is 3. The number of nitrogens with one attached hydrogen (secondary N) is 1. The first-order chi connectivity index (χ1) is 16.6. The number of carbonyl (C=O) groups excluding carboxylic acids is 3. The molecule has 3 aromatic carbocycles. The van der Waals surface area contributed by atoms with Gasteiger partial charge in [0.25, 0.3) is 11.8 Å². The number of rotatable bonds is 5. The highest BCUT2D eigenvalue weighted by Gasteiger charge is 2.36. The summed E-state index contributed by atoms with van der Waals surface area (Å²) >= 11 is 21.9. The van der Waals surface area contributed by atoms with Crippen LogP contribution in [0.15, 0.2) is 64.6 Å². The van der Waals surface area contributed by atoms with Crippen molar-refractivity contribution in [1.29, 1.82) is 0 Å². The molecule has 11 heteroatoms. The summed E-state index contributed by atoms with van der Waals surface area (Å²) in [6, 6.07) is 11.9. The van der Waals surface area contributed by atoms with Crippen LogP contribution in [0.1, 0.15) is 11.1 Å². The Balaban J connectivity index is 1.60. The van der Waals surface area contributed by atoms with Crippen LogP contribution in [-0.2, 0) is 16.2 Å². The number of benzene rings is 3. The number of urea groups is 1. The minimum atomic E-state index is -0.937. The van der Waals surface area contributed by atoms with Crippen LogP contribution in [0.2, 0.25) is 15.1 Å². The van der Waals surface area contributed by atoms with E-state index in [1.54, 1.807) is 24.3 Å². The van der Waals surface area contributed by atoms with Gasteiger partial charge in [-0.3, -0.25) is 14.9 Å². The topological polar surface area (TPSA) is 75.7 Å². The quantitative estimate of drug-likeness (QED) is 0.259. The van der Waals surface area contributed by atoms with Gasteiger partial charge in [-0.1, -0.05) is 40.9 Å². The third kappa shape index (κ3) is 5.51. The van der Waals surface area contributed by atoms with E-state index < -0.39 is 23.7 Å². The fourth-order valence-electron chi connectivity index (χ4n) is 3.24. The molecule has 35 heavy (non-hydrogen) atoms. The standard InChI is InChI=1S/C24H13BrCl3FN2O4/c25-18-8-12(9-20(28)21(18)35-11-13-1-2-14(26)10-19(13)27)7-17-22(32)30-24(34)31(23(17)33)16-5-3-15(29)4-6-16/h1-10H,11H2,(H,30,32,34)/b17-7+. The Kier molecular flexibility index (Phi) is 7.47. The van der Waals surface area contributed by atoms with E-state index in [0.717, 1.165) is 17.0 Å². The Bertz CT molecular complexity index is 1370. The number of nitrogens with zero attached hydrogens (tertiary/aromatic N) is 1. The summed E-state index contributed by atoms with van der Waals surface area (Å²) in [7, 11) is 0. The van der Waals surface area contributed by atoms with E-state index >= 15 is 0 Å². The SMILES string of the molecule is O=C1NC(=O)N(c2ccc(F)cc2)C(=O)/C1=C/c1cc(Cl)c(OCc2ccc(Cl)cc2Cl)c(Br)c1. The Morgan fingerprint density at radius 1 is 0.971 bits per heavy atom. The van der Waals surface area contributed by atoms with Crippen LogP contribution in [0.5, 0.6) is 5.75 Å². The second-order valence-electron chi connectivity index (χ2n) is 7.27. The summed E-state index contributed by atoms with van der Waals surface area (Å²) < 4.78 is 19.5. The highest BCUT2D eigenvalue weighted by atomic mass is 79.9. The average Bonchev–Trinajstić information content (AvgIpc) is 2.78. The number of barbiturate groups is 1. The van der Waals surface area contributed by atoms with Crippen LogP contribution in [0.4, 0.5) is 14.9 Å². The molecule has 178 valence electrons. The number of imide groups is 2. The summed E-state index contributed by atoms with van der Waals surface area (Å²) in [5, 5.41) is 3.24. The molecule has 1 fully saturated rings. The van der Waals surface area contributed by atoms with Crippen molar-refractivity contribution < 1.29 is 23.5 Å². The van der Waals surface area contributed by atoms with Gasteiger partial charge in [-0.2, -0.15) is 0 Å².